The van der Waals surface area contributed by atoms with Gasteiger partial charge in [0, 0.05) is 43.3 Å². The molecule has 2 N–H and O–H groups in total. The number of non-ortho nitro benzene ring substituents is 1. The number of rotatable bonds is 2. The van der Waals surface area contributed by atoms with Crippen LogP contribution in [0.5, 0.6) is 0 Å². The van der Waals surface area contributed by atoms with Gasteiger partial charge in [-0.1, -0.05) is 0 Å². The third-order valence-electron chi connectivity index (χ3n) is 2.94. The number of aromatic amines is 1. The van der Waals surface area contributed by atoms with Crippen molar-refractivity contribution in [1.29, 1.82) is 0 Å². The highest BCUT2D eigenvalue weighted by Crippen LogP contribution is 2.29. The van der Waals surface area contributed by atoms with Crippen LogP contribution in [0.3, 0.4) is 0 Å². The van der Waals surface area contributed by atoms with Crippen LogP contribution in [0.15, 0.2) is 24.4 Å². The van der Waals surface area contributed by atoms with Crippen molar-refractivity contribution >= 4 is 34.1 Å². The number of H-pyrrole nitrogens is 1. The fourth-order valence-corrected chi connectivity index (χ4v) is 1.85. The summed E-state index contributed by atoms with van der Waals surface area (Å²) in [7, 11) is 2.78. The normalized spacial score (nSPS) is 10.3. The second-order valence-corrected chi connectivity index (χ2v) is 4.10. The molecule has 0 aliphatic heterocycles. The predicted octanol–water partition coefficient (Wildman–Crippen LogP) is 0.785. The van der Waals surface area contributed by atoms with Crippen LogP contribution in [0.25, 0.3) is 10.9 Å². The van der Waals surface area contributed by atoms with Crippen LogP contribution in [0, 0.1) is 10.1 Å². The molecule has 2 amide bonds. The smallest absolute Gasteiger partial charge is 0.316 e. The van der Waals surface area contributed by atoms with Gasteiger partial charge in [-0.15, -0.1) is 0 Å². The van der Waals surface area contributed by atoms with Crippen LogP contribution in [0.1, 0.15) is 0 Å². The van der Waals surface area contributed by atoms with E-state index in [1.54, 1.807) is 6.07 Å². The van der Waals surface area contributed by atoms with Gasteiger partial charge in [-0.05, 0) is 6.07 Å². The summed E-state index contributed by atoms with van der Waals surface area (Å²) in [6, 6.07) is 4.27. The molecule has 0 radical (unpaired) electrons. The first-order chi connectivity index (χ1) is 9.45. The fraction of sp³-hybridized carbons (Fsp3) is 0.167. The molecular formula is C12H12N4O4. The molecule has 20 heavy (non-hydrogen) atoms. The molecule has 1 aromatic heterocycles. The molecule has 0 spiro atoms. The van der Waals surface area contributed by atoms with Gasteiger partial charge in [0.15, 0.2) is 0 Å². The van der Waals surface area contributed by atoms with Crippen molar-refractivity contribution in [2.24, 2.45) is 0 Å². The molecule has 0 fully saturated rings. The first kappa shape index (κ1) is 13.5. The van der Waals surface area contributed by atoms with Crippen LogP contribution in [-0.2, 0) is 9.59 Å². The molecule has 8 heteroatoms. The molecule has 0 atom stereocenters. The number of carbonyl (C=O) groups is 2. The zero-order valence-electron chi connectivity index (χ0n) is 10.8. The maximum atomic E-state index is 11.8. The predicted molar refractivity (Wildman–Crippen MR) is 72.4 cm³/mol. The quantitative estimate of drug-likeness (QED) is 0.480. The van der Waals surface area contributed by atoms with Crippen molar-refractivity contribution in [3.05, 3.63) is 34.5 Å². The summed E-state index contributed by atoms with van der Waals surface area (Å²) in [6.45, 7) is 0. The van der Waals surface area contributed by atoms with Crippen molar-refractivity contribution in [3.63, 3.8) is 0 Å². The van der Waals surface area contributed by atoms with Crippen molar-refractivity contribution in [1.82, 2.24) is 10.3 Å². The Bertz CT molecular complexity index is 707. The third-order valence-corrected chi connectivity index (χ3v) is 2.94. The molecule has 0 aliphatic rings. The van der Waals surface area contributed by atoms with E-state index >= 15 is 0 Å². The minimum Gasteiger partial charge on any atom is -0.359 e. The Kier molecular flexibility index (Phi) is 3.38. The van der Waals surface area contributed by atoms with E-state index in [4.69, 9.17) is 0 Å². The lowest BCUT2D eigenvalue weighted by Crippen LogP contribution is -2.39. The van der Waals surface area contributed by atoms with E-state index < -0.39 is 16.7 Å². The standard InChI is InChI=1S/C12H12N4O4/c1-13-11(17)12(18)15(2)10-6-14-9-4-3-7(16(19)20)5-8(9)10/h3-6,14H,1-2H3,(H,13,17). The van der Waals surface area contributed by atoms with Crippen molar-refractivity contribution < 1.29 is 14.5 Å². The fourth-order valence-electron chi connectivity index (χ4n) is 1.85. The number of fused-ring (bicyclic) bond motifs is 1. The Balaban J connectivity index is 2.49. The summed E-state index contributed by atoms with van der Waals surface area (Å²) < 4.78 is 0. The molecule has 0 saturated carbocycles. The van der Waals surface area contributed by atoms with Gasteiger partial charge in [-0.2, -0.15) is 0 Å². The Morgan fingerprint density at radius 3 is 2.70 bits per heavy atom. The van der Waals surface area contributed by atoms with Gasteiger partial charge in [0.05, 0.1) is 10.6 Å². The van der Waals surface area contributed by atoms with Crippen LogP contribution >= 0.6 is 0 Å². The molecule has 104 valence electrons. The molecule has 1 aromatic carbocycles. The molecule has 0 bridgehead atoms. The van der Waals surface area contributed by atoms with Crippen molar-refractivity contribution in [2.45, 2.75) is 0 Å². The minimum atomic E-state index is -0.757. The van der Waals surface area contributed by atoms with E-state index in [2.05, 4.69) is 10.3 Å². The van der Waals surface area contributed by atoms with Crippen LogP contribution in [0.2, 0.25) is 0 Å². The molecule has 1 heterocycles. The Morgan fingerprint density at radius 2 is 2.10 bits per heavy atom. The summed E-state index contributed by atoms with van der Waals surface area (Å²) in [4.78, 5) is 37.4. The number of aromatic nitrogens is 1. The number of anilines is 1. The highest BCUT2D eigenvalue weighted by molar-refractivity contribution is 6.40. The van der Waals surface area contributed by atoms with E-state index in [0.717, 1.165) is 4.90 Å². The number of carbonyl (C=O) groups excluding carboxylic acids is 2. The van der Waals surface area contributed by atoms with Gasteiger partial charge in [-0.25, -0.2) is 0 Å². The zero-order valence-corrected chi connectivity index (χ0v) is 10.8. The summed E-state index contributed by atoms with van der Waals surface area (Å²) in [6.07, 6.45) is 1.52. The molecule has 2 aromatic rings. The number of likely N-dealkylation sites (N-methyl/N-ethyl adjacent to an activating group) is 2. The highest BCUT2D eigenvalue weighted by atomic mass is 16.6. The van der Waals surface area contributed by atoms with Gasteiger partial charge < -0.3 is 15.2 Å². The summed E-state index contributed by atoms with van der Waals surface area (Å²) in [5.41, 5.74) is 0.957. The average molecular weight is 276 g/mol. The van der Waals surface area contributed by atoms with Crippen molar-refractivity contribution in [3.8, 4) is 0 Å². The number of nitro groups is 1. The lowest BCUT2D eigenvalue weighted by Gasteiger charge is -2.14. The molecular weight excluding hydrogens is 264 g/mol. The van der Waals surface area contributed by atoms with E-state index in [-0.39, 0.29) is 5.69 Å². The van der Waals surface area contributed by atoms with Gasteiger partial charge >= 0.3 is 11.8 Å². The van der Waals surface area contributed by atoms with Gasteiger partial charge in [0.1, 0.15) is 0 Å². The largest absolute Gasteiger partial charge is 0.359 e. The molecule has 8 nitrogen and oxygen atoms in total. The number of hydrogen-bond donors (Lipinski definition) is 2. The number of nitro benzene ring substituents is 1. The first-order valence-corrected chi connectivity index (χ1v) is 5.71. The molecule has 0 aliphatic carbocycles. The van der Waals surface area contributed by atoms with Gasteiger partial charge in [0.2, 0.25) is 0 Å². The van der Waals surface area contributed by atoms with E-state index in [9.17, 15) is 19.7 Å². The molecule has 0 unspecified atom stereocenters. The summed E-state index contributed by atoms with van der Waals surface area (Å²) in [5, 5.41) is 13.5. The number of nitrogens with one attached hydrogen (secondary N) is 2. The van der Waals surface area contributed by atoms with Gasteiger partial charge in [0.25, 0.3) is 5.69 Å². The first-order valence-electron chi connectivity index (χ1n) is 5.71. The maximum absolute atomic E-state index is 11.8. The molecule has 2 rings (SSSR count). The number of nitrogens with zero attached hydrogens (tertiary/aromatic N) is 2. The van der Waals surface area contributed by atoms with Gasteiger partial charge in [-0.3, -0.25) is 19.7 Å². The second-order valence-electron chi connectivity index (χ2n) is 4.10. The summed E-state index contributed by atoms with van der Waals surface area (Å²) in [5.74, 6) is -1.51. The minimum absolute atomic E-state index is 0.0841. The maximum Gasteiger partial charge on any atom is 0.316 e. The van der Waals surface area contributed by atoms with Crippen molar-refractivity contribution in [2.75, 3.05) is 19.0 Å². The monoisotopic (exact) mass is 276 g/mol. The topological polar surface area (TPSA) is 108 Å². The van der Waals surface area contributed by atoms with E-state index in [1.165, 1.54) is 32.4 Å². The lowest BCUT2D eigenvalue weighted by molar-refractivity contribution is -0.384. The highest BCUT2D eigenvalue weighted by Gasteiger charge is 2.21. The average Bonchev–Trinajstić information content (AvgIpc) is 2.87. The SMILES string of the molecule is CNC(=O)C(=O)N(C)c1c[nH]c2ccc([N+](=O)[O-])cc12. The van der Waals surface area contributed by atoms with Crippen LogP contribution < -0.4 is 10.2 Å². The summed E-state index contributed by atoms with van der Waals surface area (Å²) >= 11 is 0. The third kappa shape index (κ3) is 2.18. The van der Waals surface area contributed by atoms with E-state index in [1.807, 2.05) is 0 Å². The Labute approximate surface area is 113 Å². The van der Waals surface area contributed by atoms with Crippen LogP contribution in [0.4, 0.5) is 11.4 Å². The Morgan fingerprint density at radius 1 is 1.40 bits per heavy atom. The number of benzene rings is 1. The zero-order chi connectivity index (χ0) is 14.9. The number of hydrogen-bond acceptors (Lipinski definition) is 4. The second kappa shape index (κ2) is 5.00. The van der Waals surface area contributed by atoms with Crippen LogP contribution in [-0.4, -0.2) is 35.8 Å². The van der Waals surface area contributed by atoms with E-state index in [0.29, 0.717) is 16.6 Å². The molecule has 0 saturated heterocycles. The number of amides is 2. The lowest BCUT2D eigenvalue weighted by atomic mass is 10.2. The Hall–Kier alpha value is -2.90.